The first kappa shape index (κ1) is 26.7. The third-order valence-electron chi connectivity index (χ3n) is 6.66. The summed E-state index contributed by atoms with van der Waals surface area (Å²) in [5, 5.41) is 3.50. The monoisotopic (exact) mass is 556 g/mol. The predicted octanol–water partition coefficient (Wildman–Crippen LogP) is 3.77. The van der Waals surface area contributed by atoms with Gasteiger partial charge >= 0.3 is 0 Å². The summed E-state index contributed by atoms with van der Waals surface area (Å²) in [5.41, 5.74) is 7.04. The number of primary amides is 1. The van der Waals surface area contributed by atoms with Gasteiger partial charge in [-0.05, 0) is 50.5 Å². The van der Waals surface area contributed by atoms with Gasteiger partial charge in [0.2, 0.25) is 5.91 Å². The molecule has 2 unspecified atom stereocenters. The van der Waals surface area contributed by atoms with Crippen LogP contribution in [0.5, 0.6) is 0 Å². The summed E-state index contributed by atoms with van der Waals surface area (Å²) in [4.78, 5) is 26.0. The Morgan fingerprint density at radius 3 is 2.88 bits per heavy atom. The van der Waals surface area contributed by atoms with Crippen molar-refractivity contribution in [2.24, 2.45) is 22.1 Å². The molecule has 0 radical (unpaired) electrons. The number of halogens is 1. The van der Waals surface area contributed by atoms with Crippen LogP contribution in [0, 0.1) is 11.3 Å². The average molecular weight is 557 g/mol. The van der Waals surface area contributed by atoms with Crippen LogP contribution in [-0.2, 0) is 11.3 Å². The number of carbonyl (C=O) groups excluding carboxylic acids is 1. The molecular weight excluding hydrogens is 515 g/mol. The molecule has 0 saturated carbocycles. The number of hydrogen-bond acceptors (Lipinski definition) is 4. The van der Waals surface area contributed by atoms with E-state index in [1.54, 1.807) is 0 Å². The second-order valence-corrected chi connectivity index (χ2v) is 9.43. The fraction of sp³-hybridized carbons (Fsp3) is 0.708. The summed E-state index contributed by atoms with van der Waals surface area (Å²) < 4.78 is 0. The SMILES string of the molecule is CCCC1(C)CCCN(C(=NCc2cccnc2N2CCCC(C(N)=O)C2)NCC)C1.I. The predicted molar refractivity (Wildman–Crippen MR) is 142 cm³/mol. The van der Waals surface area contributed by atoms with Crippen molar-refractivity contribution in [2.45, 2.75) is 65.8 Å². The van der Waals surface area contributed by atoms with Crippen LogP contribution in [0.25, 0.3) is 0 Å². The molecule has 32 heavy (non-hydrogen) atoms. The van der Waals surface area contributed by atoms with E-state index in [0.717, 1.165) is 56.4 Å². The van der Waals surface area contributed by atoms with Crippen LogP contribution in [-0.4, -0.2) is 54.5 Å². The number of rotatable bonds is 7. The number of aromatic nitrogens is 1. The van der Waals surface area contributed by atoms with Crippen LogP contribution in [0.4, 0.5) is 5.82 Å². The summed E-state index contributed by atoms with van der Waals surface area (Å²) in [7, 11) is 0. The van der Waals surface area contributed by atoms with Gasteiger partial charge in [0.05, 0.1) is 12.5 Å². The van der Waals surface area contributed by atoms with Gasteiger partial charge in [-0.3, -0.25) is 4.79 Å². The molecule has 1 amide bonds. The Kier molecular flexibility index (Phi) is 10.5. The number of aliphatic imine (C=N–C) groups is 1. The molecule has 2 saturated heterocycles. The van der Waals surface area contributed by atoms with E-state index in [2.05, 4.69) is 46.9 Å². The lowest BCUT2D eigenvalue weighted by molar-refractivity contribution is -0.122. The first-order valence-electron chi connectivity index (χ1n) is 12.0. The maximum Gasteiger partial charge on any atom is 0.222 e. The molecule has 2 aliphatic heterocycles. The highest BCUT2D eigenvalue weighted by Crippen LogP contribution is 2.34. The van der Waals surface area contributed by atoms with Crippen LogP contribution >= 0.6 is 24.0 Å². The van der Waals surface area contributed by atoms with E-state index in [9.17, 15) is 4.79 Å². The summed E-state index contributed by atoms with van der Waals surface area (Å²) in [6.45, 7) is 11.9. The molecule has 180 valence electrons. The molecule has 1 aromatic heterocycles. The Labute approximate surface area is 210 Å². The normalized spacial score (nSPS) is 24.1. The molecule has 2 aliphatic rings. The molecule has 3 N–H and O–H groups in total. The largest absolute Gasteiger partial charge is 0.369 e. The summed E-state index contributed by atoms with van der Waals surface area (Å²) >= 11 is 0. The first-order valence-corrected chi connectivity index (χ1v) is 12.0. The molecule has 0 aliphatic carbocycles. The van der Waals surface area contributed by atoms with Crippen molar-refractivity contribution in [1.82, 2.24) is 15.2 Å². The second kappa shape index (κ2) is 12.6. The number of pyridine rings is 1. The molecule has 3 heterocycles. The minimum absolute atomic E-state index is 0. The van der Waals surface area contributed by atoms with Crippen molar-refractivity contribution >= 4 is 41.7 Å². The van der Waals surface area contributed by atoms with E-state index in [1.165, 1.54) is 25.7 Å². The zero-order valence-electron chi connectivity index (χ0n) is 20.0. The van der Waals surface area contributed by atoms with Crippen molar-refractivity contribution in [1.29, 1.82) is 0 Å². The number of guanidine groups is 1. The van der Waals surface area contributed by atoms with E-state index < -0.39 is 0 Å². The van der Waals surface area contributed by atoms with Gasteiger partial charge in [-0.15, -0.1) is 24.0 Å². The Hall–Kier alpha value is -1.58. The highest BCUT2D eigenvalue weighted by atomic mass is 127. The van der Waals surface area contributed by atoms with E-state index >= 15 is 0 Å². The summed E-state index contributed by atoms with van der Waals surface area (Å²) in [6.07, 6.45) is 8.62. The molecule has 3 rings (SSSR count). The van der Waals surface area contributed by atoms with Crippen molar-refractivity contribution in [3.63, 3.8) is 0 Å². The fourth-order valence-corrected chi connectivity index (χ4v) is 5.13. The quantitative estimate of drug-likeness (QED) is 0.304. The van der Waals surface area contributed by atoms with Crippen LogP contribution in [0.2, 0.25) is 0 Å². The fourth-order valence-electron chi connectivity index (χ4n) is 5.13. The minimum Gasteiger partial charge on any atom is -0.369 e. The number of likely N-dealkylation sites (tertiary alicyclic amines) is 1. The van der Waals surface area contributed by atoms with Crippen molar-refractivity contribution in [3.8, 4) is 0 Å². The van der Waals surface area contributed by atoms with E-state index in [1.807, 2.05) is 12.3 Å². The molecule has 2 fully saturated rings. The number of anilines is 1. The second-order valence-electron chi connectivity index (χ2n) is 9.43. The topological polar surface area (TPSA) is 86.8 Å². The standard InChI is InChI=1S/C24H40N6O.HI/c1-4-11-24(3)12-8-15-30(18-24)23(26-5-2)28-16-19-9-6-13-27-22(19)29-14-7-10-20(17-29)21(25)31;/h6,9,13,20H,4-5,7-8,10-12,14-18H2,1-3H3,(H2,25,31)(H,26,28);1H. The molecule has 0 spiro atoms. The number of nitrogens with one attached hydrogen (secondary N) is 1. The van der Waals surface area contributed by atoms with Gasteiger partial charge in [0.25, 0.3) is 0 Å². The number of hydrogen-bond donors (Lipinski definition) is 2. The van der Waals surface area contributed by atoms with E-state index in [-0.39, 0.29) is 35.8 Å². The van der Waals surface area contributed by atoms with Crippen LogP contribution in [0.15, 0.2) is 23.3 Å². The average Bonchev–Trinajstić information content (AvgIpc) is 2.77. The Bertz CT molecular complexity index is 769. The van der Waals surface area contributed by atoms with Crippen LogP contribution in [0.1, 0.15) is 64.9 Å². The molecule has 0 bridgehead atoms. The molecule has 2 atom stereocenters. The van der Waals surface area contributed by atoms with Crippen molar-refractivity contribution in [3.05, 3.63) is 23.9 Å². The number of piperidine rings is 2. The lowest BCUT2D eigenvalue weighted by Crippen LogP contribution is -2.49. The third kappa shape index (κ3) is 6.96. The number of carbonyl (C=O) groups is 1. The van der Waals surface area contributed by atoms with Crippen molar-refractivity contribution in [2.75, 3.05) is 37.6 Å². The highest BCUT2D eigenvalue weighted by molar-refractivity contribution is 14.0. The van der Waals surface area contributed by atoms with Gasteiger partial charge in [0, 0.05) is 44.5 Å². The smallest absolute Gasteiger partial charge is 0.222 e. The Balaban J connectivity index is 0.00000363. The molecular formula is C24H41IN6O. The number of nitrogens with two attached hydrogens (primary N) is 1. The minimum atomic E-state index is -0.213. The first-order chi connectivity index (χ1) is 15.0. The number of nitrogens with zero attached hydrogens (tertiary/aromatic N) is 4. The maximum atomic E-state index is 11.7. The molecule has 8 heteroatoms. The van der Waals surface area contributed by atoms with E-state index in [4.69, 9.17) is 10.7 Å². The Morgan fingerprint density at radius 2 is 2.16 bits per heavy atom. The molecule has 1 aromatic rings. The zero-order chi connectivity index (χ0) is 22.3. The van der Waals surface area contributed by atoms with Gasteiger partial charge in [0.15, 0.2) is 5.96 Å². The molecule has 0 aromatic carbocycles. The molecule has 7 nitrogen and oxygen atoms in total. The van der Waals surface area contributed by atoms with Gasteiger partial charge in [0.1, 0.15) is 5.82 Å². The number of amides is 1. The maximum absolute atomic E-state index is 11.7. The summed E-state index contributed by atoms with van der Waals surface area (Å²) in [5.74, 6) is 1.61. The highest BCUT2D eigenvalue weighted by Gasteiger charge is 2.31. The van der Waals surface area contributed by atoms with Gasteiger partial charge in [-0.25, -0.2) is 9.98 Å². The van der Waals surface area contributed by atoms with E-state index in [0.29, 0.717) is 18.5 Å². The lowest BCUT2D eigenvalue weighted by atomic mass is 9.78. The third-order valence-corrected chi connectivity index (χ3v) is 6.66. The van der Waals surface area contributed by atoms with Gasteiger partial charge in [-0.2, -0.15) is 0 Å². The zero-order valence-corrected chi connectivity index (χ0v) is 22.3. The van der Waals surface area contributed by atoms with Gasteiger partial charge < -0.3 is 20.9 Å². The summed E-state index contributed by atoms with van der Waals surface area (Å²) in [6, 6.07) is 4.07. The van der Waals surface area contributed by atoms with Crippen LogP contribution in [0.3, 0.4) is 0 Å². The lowest BCUT2D eigenvalue weighted by Gasteiger charge is -2.42. The van der Waals surface area contributed by atoms with Gasteiger partial charge in [-0.1, -0.05) is 26.3 Å². The van der Waals surface area contributed by atoms with Crippen molar-refractivity contribution < 1.29 is 4.79 Å². The Morgan fingerprint density at radius 1 is 1.34 bits per heavy atom. The van der Waals surface area contributed by atoms with Crippen LogP contribution < -0.4 is 16.0 Å².